The normalized spacial score (nSPS) is 23.7. The Kier molecular flexibility index (Phi) is 4.54. The standard InChI is InChI=1S/C11H16N2O3.ClH/c1-7(2)13-9(3-5-12-13)10-8(11(14)15)4-6-16-10;/h3,5,7-8,10H,4,6H2,1-2H3,(H,14,15);1H/t8-,10-;/m0./s1. The fourth-order valence-corrected chi connectivity index (χ4v) is 2.12. The van der Waals surface area contributed by atoms with Crippen LogP contribution in [0.1, 0.15) is 38.1 Å². The van der Waals surface area contributed by atoms with Crippen molar-refractivity contribution in [2.75, 3.05) is 6.61 Å². The number of carboxylic acid groups (broad SMARTS) is 1. The first-order valence-corrected chi connectivity index (χ1v) is 5.49. The second-order valence-corrected chi connectivity index (χ2v) is 4.32. The van der Waals surface area contributed by atoms with Crippen molar-refractivity contribution in [3.8, 4) is 0 Å². The Bertz CT molecular complexity index is 392. The van der Waals surface area contributed by atoms with Crippen LogP contribution in [0.4, 0.5) is 0 Å². The van der Waals surface area contributed by atoms with E-state index in [1.54, 1.807) is 6.20 Å². The molecule has 96 valence electrons. The van der Waals surface area contributed by atoms with Crippen LogP contribution < -0.4 is 0 Å². The summed E-state index contributed by atoms with van der Waals surface area (Å²) in [6.45, 7) is 4.54. The molecule has 1 aliphatic heterocycles. The molecular weight excluding hydrogens is 244 g/mol. The minimum absolute atomic E-state index is 0. The van der Waals surface area contributed by atoms with Gasteiger partial charge < -0.3 is 9.84 Å². The number of aliphatic carboxylic acids is 1. The number of hydrogen-bond donors (Lipinski definition) is 1. The summed E-state index contributed by atoms with van der Waals surface area (Å²) >= 11 is 0. The van der Waals surface area contributed by atoms with Crippen LogP contribution in [0.25, 0.3) is 0 Å². The molecule has 5 nitrogen and oxygen atoms in total. The molecule has 0 aliphatic carbocycles. The van der Waals surface area contributed by atoms with Crippen molar-refractivity contribution in [2.45, 2.75) is 32.4 Å². The van der Waals surface area contributed by atoms with Gasteiger partial charge in [-0.25, -0.2) is 0 Å². The summed E-state index contributed by atoms with van der Waals surface area (Å²) in [4.78, 5) is 11.1. The molecule has 0 spiro atoms. The zero-order valence-electron chi connectivity index (χ0n) is 9.87. The van der Waals surface area contributed by atoms with Gasteiger partial charge in [-0.3, -0.25) is 9.48 Å². The number of carboxylic acids is 1. The molecule has 2 heterocycles. The predicted octanol–water partition coefficient (Wildman–Crippen LogP) is 2.05. The Labute approximate surface area is 106 Å². The molecule has 1 saturated heterocycles. The van der Waals surface area contributed by atoms with E-state index in [9.17, 15) is 4.79 Å². The average Bonchev–Trinajstić information content (AvgIpc) is 2.85. The number of halogens is 1. The number of carbonyl (C=O) groups is 1. The summed E-state index contributed by atoms with van der Waals surface area (Å²) in [6, 6.07) is 2.05. The van der Waals surface area contributed by atoms with E-state index in [4.69, 9.17) is 9.84 Å². The maximum absolute atomic E-state index is 11.1. The third kappa shape index (κ3) is 2.61. The number of nitrogens with zero attached hydrogens (tertiary/aromatic N) is 2. The fraction of sp³-hybridized carbons (Fsp3) is 0.636. The first kappa shape index (κ1) is 14.0. The molecule has 0 saturated carbocycles. The van der Waals surface area contributed by atoms with Crippen LogP contribution in [0.3, 0.4) is 0 Å². The molecule has 6 heteroatoms. The van der Waals surface area contributed by atoms with E-state index in [2.05, 4.69) is 5.10 Å². The van der Waals surface area contributed by atoms with Gasteiger partial charge in [0.1, 0.15) is 6.10 Å². The average molecular weight is 261 g/mol. The third-order valence-corrected chi connectivity index (χ3v) is 2.89. The van der Waals surface area contributed by atoms with Gasteiger partial charge in [0, 0.05) is 18.8 Å². The zero-order valence-corrected chi connectivity index (χ0v) is 10.7. The molecular formula is C11H17ClN2O3. The number of hydrogen-bond acceptors (Lipinski definition) is 3. The van der Waals surface area contributed by atoms with Crippen molar-refractivity contribution >= 4 is 18.4 Å². The molecule has 2 atom stereocenters. The monoisotopic (exact) mass is 260 g/mol. The lowest BCUT2D eigenvalue weighted by Crippen LogP contribution is -2.21. The first-order valence-electron chi connectivity index (χ1n) is 5.49. The van der Waals surface area contributed by atoms with Gasteiger partial charge >= 0.3 is 5.97 Å². The van der Waals surface area contributed by atoms with Crippen molar-refractivity contribution in [1.29, 1.82) is 0 Å². The van der Waals surface area contributed by atoms with E-state index in [0.717, 1.165) is 5.69 Å². The summed E-state index contributed by atoms with van der Waals surface area (Å²) in [7, 11) is 0. The summed E-state index contributed by atoms with van der Waals surface area (Å²) in [5.74, 6) is -1.24. The van der Waals surface area contributed by atoms with Crippen LogP contribution in [0, 0.1) is 5.92 Å². The number of ether oxygens (including phenoxy) is 1. The highest BCUT2D eigenvalue weighted by Gasteiger charge is 2.37. The highest BCUT2D eigenvalue weighted by Crippen LogP contribution is 2.35. The van der Waals surface area contributed by atoms with Gasteiger partial charge in [0.05, 0.1) is 11.6 Å². The highest BCUT2D eigenvalue weighted by atomic mass is 35.5. The molecule has 17 heavy (non-hydrogen) atoms. The van der Waals surface area contributed by atoms with Gasteiger partial charge in [0.2, 0.25) is 0 Å². The predicted molar refractivity (Wildman–Crippen MR) is 64.3 cm³/mol. The van der Waals surface area contributed by atoms with E-state index in [1.165, 1.54) is 0 Å². The Balaban J connectivity index is 0.00000144. The van der Waals surface area contributed by atoms with Gasteiger partial charge in [-0.15, -0.1) is 12.4 Å². The number of rotatable bonds is 3. The topological polar surface area (TPSA) is 64.4 Å². The van der Waals surface area contributed by atoms with E-state index < -0.39 is 11.9 Å². The molecule has 0 amide bonds. The number of aromatic nitrogens is 2. The zero-order chi connectivity index (χ0) is 11.7. The summed E-state index contributed by atoms with van der Waals surface area (Å²) in [6.07, 6.45) is 1.90. The lowest BCUT2D eigenvalue weighted by Gasteiger charge is -2.18. The smallest absolute Gasteiger partial charge is 0.309 e. The first-order chi connectivity index (χ1) is 7.61. The van der Waals surface area contributed by atoms with Crippen molar-refractivity contribution < 1.29 is 14.6 Å². The quantitative estimate of drug-likeness (QED) is 0.903. The van der Waals surface area contributed by atoms with E-state index >= 15 is 0 Å². The molecule has 1 aromatic rings. The SMILES string of the molecule is CC(C)n1nccc1[C@H]1OCC[C@@H]1C(=O)O.Cl. The van der Waals surface area contributed by atoms with Gasteiger partial charge in [0.25, 0.3) is 0 Å². The van der Waals surface area contributed by atoms with E-state index in [-0.39, 0.29) is 24.6 Å². The minimum Gasteiger partial charge on any atom is -0.481 e. The van der Waals surface area contributed by atoms with E-state index in [0.29, 0.717) is 13.0 Å². The largest absolute Gasteiger partial charge is 0.481 e. The van der Waals surface area contributed by atoms with Crippen molar-refractivity contribution in [3.05, 3.63) is 18.0 Å². The Morgan fingerprint density at radius 2 is 2.35 bits per heavy atom. The van der Waals surface area contributed by atoms with E-state index in [1.807, 2.05) is 24.6 Å². The molecule has 2 rings (SSSR count). The minimum atomic E-state index is -0.793. The second-order valence-electron chi connectivity index (χ2n) is 4.32. The summed E-state index contributed by atoms with van der Waals surface area (Å²) in [5, 5.41) is 13.3. The van der Waals surface area contributed by atoms with Crippen LogP contribution in [-0.4, -0.2) is 27.5 Å². The Hall–Kier alpha value is -1.07. The van der Waals surface area contributed by atoms with Crippen LogP contribution in [0.5, 0.6) is 0 Å². The molecule has 0 unspecified atom stereocenters. The lowest BCUT2D eigenvalue weighted by molar-refractivity contribution is -0.143. The molecule has 1 aliphatic rings. The van der Waals surface area contributed by atoms with Crippen LogP contribution >= 0.6 is 12.4 Å². The maximum Gasteiger partial charge on any atom is 0.309 e. The molecule has 0 bridgehead atoms. The van der Waals surface area contributed by atoms with Crippen molar-refractivity contribution in [1.82, 2.24) is 9.78 Å². The molecule has 1 N–H and O–H groups in total. The van der Waals surface area contributed by atoms with Crippen molar-refractivity contribution in [2.24, 2.45) is 5.92 Å². The molecule has 1 aromatic heterocycles. The fourth-order valence-electron chi connectivity index (χ4n) is 2.12. The summed E-state index contributed by atoms with van der Waals surface area (Å²) < 4.78 is 7.35. The highest BCUT2D eigenvalue weighted by molar-refractivity contribution is 5.85. The Morgan fingerprint density at radius 3 is 2.94 bits per heavy atom. The van der Waals surface area contributed by atoms with Gasteiger partial charge in [-0.2, -0.15) is 5.10 Å². The van der Waals surface area contributed by atoms with Crippen molar-refractivity contribution in [3.63, 3.8) is 0 Å². The Morgan fingerprint density at radius 1 is 1.65 bits per heavy atom. The van der Waals surface area contributed by atoms with Crippen LogP contribution in [-0.2, 0) is 9.53 Å². The van der Waals surface area contributed by atoms with Crippen LogP contribution in [0.15, 0.2) is 12.3 Å². The second kappa shape index (κ2) is 5.51. The summed E-state index contributed by atoms with van der Waals surface area (Å²) in [5.41, 5.74) is 0.861. The van der Waals surface area contributed by atoms with Gasteiger partial charge in [0.15, 0.2) is 0 Å². The molecule has 0 aromatic carbocycles. The van der Waals surface area contributed by atoms with Gasteiger partial charge in [-0.05, 0) is 26.3 Å². The molecule has 0 radical (unpaired) electrons. The van der Waals surface area contributed by atoms with Crippen LogP contribution in [0.2, 0.25) is 0 Å². The third-order valence-electron chi connectivity index (χ3n) is 2.89. The molecule has 1 fully saturated rings. The maximum atomic E-state index is 11.1. The lowest BCUT2D eigenvalue weighted by atomic mass is 9.99. The van der Waals surface area contributed by atoms with Gasteiger partial charge in [-0.1, -0.05) is 0 Å².